The first-order valence-corrected chi connectivity index (χ1v) is 29.1. The Morgan fingerprint density at radius 2 is 1.23 bits per heavy atom. The summed E-state index contributed by atoms with van der Waals surface area (Å²) in [7, 11) is 7.38. The predicted molar refractivity (Wildman–Crippen MR) is 187 cm³/mol. The number of rotatable bonds is 4. The molecule has 0 heterocycles. The van der Waals surface area contributed by atoms with Crippen LogP contribution < -0.4 is 0 Å². The molecule has 0 aliphatic heterocycles. The van der Waals surface area contributed by atoms with Crippen molar-refractivity contribution in [2.75, 3.05) is 0 Å². The van der Waals surface area contributed by atoms with Gasteiger partial charge in [0.1, 0.15) is 0 Å². The zero-order valence-corrected chi connectivity index (χ0v) is 34.6. The molecule has 0 N–H and O–H groups in total. The Morgan fingerprint density at radius 3 is 1.68 bits per heavy atom. The van der Waals surface area contributed by atoms with Crippen molar-refractivity contribution in [3.05, 3.63) is 49.7 Å². The molecule has 0 saturated heterocycles. The molecule has 0 radical (unpaired) electrons. The molecule has 230 valence electrons. The van der Waals surface area contributed by atoms with Crippen molar-refractivity contribution < 1.29 is 20.8 Å². The quantitative estimate of drug-likeness (QED) is 0.216. The van der Waals surface area contributed by atoms with Crippen molar-refractivity contribution in [3.8, 4) is 0 Å². The van der Waals surface area contributed by atoms with Crippen LogP contribution in [0.1, 0.15) is 122 Å². The summed E-state index contributed by atoms with van der Waals surface area (Å²) in [6, 6.07) is 7.79. The number of fused-ring (bicyclic) bond motifs is 1. The third kappa shape index (κ3) is 8.43. The topological polar surface area (TPSA) is 0 Å². The number of hydrogen-bond donors (Lipinski definition) is 0. The van der Waals surface area contributed by atoms with E-state index < -0.39 is 36.0 Å². The maximum atomic E-state index is 4.93. The zero-order chi connectivity index (χ0) is 28.7. The van der Waals surface area contributed by atoms with Crippen molar-refractivity contribution in [1.82, 2.24) is 0 Å². The Kier molecular flexibility index (Phi) is 14.6. The monoisotopic (exact) mass is 700 g/mol. The van der Waals surface area contributed by atoms with Gasteiger partial charge in [0.05, 0.1) is 0 Å². The number of benzene rings is 1. The molecule has 0 amide bonds. The van der Waals surface area contributed by atoms with E-state index >= 15 is 0 Å². The van der Waals surface area contributed by atoms with E-state index in [1.54, 1.807) is 36.0 Å². The van der Waals surface area contributed by atoms with Crippen LogP contribution in [0.4, 0.5) is 0 Å². The van der Waals surface area contributed by atoms with Gasteiger partial charge in [0.15, 0.2) is 0 Å². The van der Waals surface area contributed by atoms with Crippen LogP contribution in [0.15, 0.2) is 18.2 Å². The average molecular weight is 703 g/mol. The van der Waals surface area contributed by atoms with Gasteiger partial charge in [-0.3, -0.25) is 0 Å². The zero-order valence-electron chi connectivity index (χ0n) is 28.6. The van der Waals surface area contributed by atoms with Gasteiger partial charge in [-0.05, 0) is 75.1 Å². The fraction of sp³-hybridized carbons (Fsp3) is 0.771. The van der Waals surface area contributed by atoms with Gasteiger partial charge in [-0.15, -0.1) is 0 Å². The van der Waals surface area contributed by atoms with Crippen LogP contribution in [0.5, 0.6) is 0 Å². The molecule has 4 rings (SSSR count). The Bertz CT molecular complexity index is 898. The van der Waals surface area contributed by atoms with E-state index in [0.29, 0.717) is 0 Å². The summed E-state index contributed by atoms with van der Waals surface area (Å²) in [5.74, 6) is 3.73. The molecular weight excluding hydrogens is 639 g/mol. The Hall–Kier alpha value is 1.12. The van der Waals surface area contributed by atoms with Gasteiger partial charge in [-0.2, -0.15) is 0 Å². The Labute approximate surface area is 272 Å². The van der Waals surface area contributed by atoms with Crippen LogP contribution in [0.3, 0.4) is 0 Å². The van der Waals surface area contributed by atoms with E-state index in [0.717, 1.165) is 34.8 Å². The predicted octanol–water partition coefficient (Wildman–Crippen LogP) is 12.9. The minimum atomic E-state index is -1.27. The molecule has 0 spiro atoms. The third-order valence-electron chi connectivity index (χ3n) is 11.9. The van der Waals surface area contributed by atoms with Gasteiger partial charge < -0.3 is 14.9 Å². The molecule has 5 heteroatoms. The first kappa shape index (κ1) is 39.1. The van der Waals surface area contributed by atoms with Crippen molar-refractivity contribution in [3.63, 3.8) is 0 Å². The number of hydrogen-bond acceptors (Lipinski definition) is 0. The van der Waals surface area contributed by atoms with Gasteiger partial charge in [0.2, 0.25) is 0 Å². The van der Waals surface area contributed by atoms with E-state index in [1.807, 2.05) is 0 Å². The van der Waals surface area contributed by atoms with Crippen molar-refractivity contribution in [1.29, 1.82) is 0 Å². The fourth-order valence-electron chi connectivity index (χ4n) is 8.71. The summed E-state index contributed by atoms with van der Waals surface area (Å²) in [6.07, 6.45) is 12.1. The summed E-state index contributed by atoms with van der Waals surface area (Å²) in [5.41, 5.74) is 7.41. The summed E-state index contributed by atoms with van der Waals surface area (Å²) in [4.78, 5) is 0. The third-order valence-corrected chi connectivity index (χ3v) is 32.6. The summed E-state index contributed by atoms with van der Waals surface area (Å²) >= 11 is -0.826. The Morgan fingerprint density at radius 1 is 0.700 bits per heavy atom. The normalized spacial score (nSPS) is 28.8. The molecule has 6 atom stereocenters. The second-order valence-electron chi connectivity index (χ2n) is 16.5. The molecule has 40 heavy (non-hydrogen) atoms. The van der Waals surface area contributed by atoms with Crippen LogP contribution in [0, 0.1) is 32.6 Å². The molecule has 6 unspecified atom stereocenters. The molecule has 0 nitrogen and oxygen atoms in total. The van der Waals surface area contributed by atoms with E-state index in [1.165, 1.54) is 32.1 Å². The molecular formula is C35H64Cl2Si2Zr. The van der Waals surface area contributed by atoms with Crippen molar-refractivity contribution >= 4 is 32.2 Å². The van der Waals surface area contributed by atoms with Crippen LogP contribution in [-0.4, -0.2) is 15.2 Å². The Balaban J connectivity index is 0.00000153. The van der Waals surface area contributed by atoms with Crippen molar-refractivity contribution in [2.45, 2.75) is 154 Å². The molecule has 1 aromatic rings. The first-order chi connectivity index (χ1) is 17.4. The molecule has 3 aliphatic carbocycles. The SMILES string of the molecule is CC1CCC([Si](C)(C)[Si](C)(C)C2CCC3C(c4cc(C(C)(C)C)cc(C(C)(C)C)c4)CCCC32)C1.[CH3-].[CH3-].[Cl][Zr+2][Cl]. The summed E-state index contributed by atoms with van der Waals surface area (Å²) in [5, 5.41) is 0. The van der Waals surface area contributed by atoms with E-state index in [-0.39, 0.29) is 25.7 Å². The van der Waals surface area contributed by atoms with Crippen molar-refractivity contribution in [2.24, 2.45) is 17.8 Å². The molecule has 3 aliphatic rings. The molecule has 0 aromatic heterocycles. The van der Waals surface area contributed by atoms with Crippen LogP contribution >= 0.6 is 17.0 Å². The van der Waals surface area contributed by atoms with E-state index in [4.69, 9.17) is 17.0 Å². The van der Waals surface area contributed by atoms with E-state index in [9.17, 15) is 0 Å². The molecule has 1 aromatic carbocycles. The summed E-state index contributed by atoms with van der Waals surface area (Å²) < 4.78 is 0. The average Bonchev–Trinajstić information content (AvgIpc) is 3.45. The van der Waals surface area contributed by atoms with Gasteiger partial charge in [0.25, 0.3) is 0 Å². The van der Waals surface area contributed by atoms with Crippen LogP contribution in [0.25, 0.3) is 0 Å². The minimum absolute atomic E-state index is 0. The van der Waals surface area contributed by atoms with Gasteiger partial charge in [-0.25, -0.2) is 0 Å². The molecule has 0 bridgehead atoms. The van der Waals surface area contributed by atoms with Crippen LogP contribution in [0.2, 0.25) is 37.3 Å². The summed E-state index contributed by atoms with van der Waals surface area (Å²) in [6.45, 7) is 28.4. The van der Waals surface area contributed by atoms with E-state index in [2.05, 4.69) is 92.9 Å². The first-order valence-electron chi connectivity index (χ1n) is 15.6. The number of halogens is 2. The second kappa shape index (κ2) is 14.9. The fourth-order valence-corrected chi connectivity index (χ4v) is 22.9. The molecule has 3 fully saturated rings. The van der Waals surface area contributed by atoms with Gasteiger partial charge in [0, 0.05) is 15.2 Å². The standard InChI is InChI=1S/C33H58Si2.2CH3.2ClH.Zr/c1-23-15-16-27(19-23)34(8,9)35(10,11)31-18-17-29-28(13-12-14-30(29)31)24-20-25(32(2,3)4)22-26(21-24)33(5,6)7;;;;;/h20-23,27-31H,12-19H2,1-11H3;2*1H3;2*1H;/q;2*-1;;;+4/p-2. The van der Waals surface area contributed by atoms with Gasteiger partial charge >= 0.3 is 37.9 Å². The second-order valence-corrected chi connectivity index (χ2v) is 36.4. The maximum absolute atomic E-state index is 4.93. The van der Waals surface area contributed by atoms with Crippen LogP contribution in [-0.2, 0) is 31.7 Å². The van der Waals surface area contributed by atoms with Gasteiger partial charge in [-0.1, -0.05) is 131 Å². The molecule has 3 saturated carbocycles.